The van der Waals surface area contributed by atoms with E-state index >= 15 is 0 Å². The molecule has 0 aliphatic carbocycles. The third-order valence-electron chi connectivity index (χ3n) is 0.556. The Hall–Kier alpha value is 0.934. The molecule has 0 amide bonds. The number of hydrogen-bond donors (Lipinski definition) is 0. The van der Waals surface area contributed by atoms with Crippen molar-refractivity contribution in [2.24, 2.45) is 0 Å². The average molecular weight is 294 g/mol. The van der Waals surface area contributed by atoms with Gasteiger partial charge in [0.25, 0.3) is 0 Å². The minimum atomic E-state index is -1.92. The summed E-state index contributed by atoms with van der Waals surface area (Å²) in [6.45, 7) is 0. The molecule has 0 N–H and O–H groups in total. The molecular weight excluding hydrogens is 274 g/mol. The van der Waals surface area contributed by atoms with E-state index in [1.807, 2.05) is 30.3 Å². The van der Waals surface area contributed by atoms with Crippen LogP contribution in [-0.2, 0) is 14.7 Å². The van der Waals surface area contributed by atoms with E-state index in [1.54, 1.807) is 0 Å². The fourth-order valence-corrected chi connectivity index (χ4v) is 0.321. The van der Waals surface area contributed by atoms with Gasteiger partial charge in [0.05, 0.1) is 0 Å². The first-order chi connectivity index (χ1) is 4.23. The molecule has 0 saturated heterocycles. The molecule has 4 heteroatoms. The summed E-state index contributed by atoms with van der Waals surface area (Å²) in [7, 11) is 14.9. The molecule has 91 valence electrons. The fourth-order valence-electron chi connectivity index (χ4n) is 0.321. The maximum absolute atomic E-state index is 4.97. The van der Waals surface area contributed by atoms with Gasteiger partial charge >= 0.3 is 42.6 Å². The summed E-state index contributed by atoms with van der Waals surface area (Å²) >= 11 is -1.92. The average Bonchev–Trinajstić information content (AvgIpc) is 2.11. The molecule has 1 rings (SSSR count). The number of halogens is 3. The molecule has 0 unspecified atom stereocenters. The van der Waals surface area contributed by atoms with Crippen molar-refractivity contribution in [3.63, 3.8) is 0 Å². The fraction of sp³-hybridized carbons (Fsp3) is 0. The Kier molecular flexibility index (Phi) is 75.8. The van der Waals surface area contributed by atoms with Crippen LogP contribution in [0.15, 0.2) is 30.3 Å². The van der Waals surface area contributed by atoms with Crippen molar-refractivity contribution < 1.29 is 14.7 Å². The quantitative estimate of drug-likeness (QED) is 0.424. The molecule has 0 heterocycles. The minimum Gasteiger partial charge on any atom is -0.214 e. The Morgan fingerprint density at radius 2 is 0.929 bits per heavy atom. The Bertz CT molecular complexity index is 99.0. The van der Waals surface area contributed by atoms with E-state index in [0.29, 0.717) is 0 Å². The third kappa shape index (κ3) is 52.3. The van der Waals surface area contributed by atoms with E-state index in [4.69, 9.17) is 27.9 Å². The summed E-state index contributed by atoms with van der Waals surface area (Å²) in [5.74, 6) is 0. The van der Waals surface area contributed by atoms with Crippen LogP contribution in [0.4, 0.5) is 0 Å². The summed E-state index contributed by atoms with van der Waals surface area (Å²) in [4.78, 5) is 0. The van der Waals surface area contributed by atoms with E-state index in [1.165, 1.54) is 0 Å². The molecule has 0 bridgehead atoms. The van der Waals surface area contributed by atoms with Crippen molar-refractivity contribution in [1.82, 2.24) is 0 Å². The van der Waals surface area contributed by atoms with Crippen molar-refractivity contribution >= 4 is 27.9 Å². The van der Waals surface area contributed by atoms with Gasteiger partial charge in [-0.15, -0.1) is 0 Å². The first-order valence-electron chi connectivity index (χ1n) is 2.23. The van der Waals surface area contributed by atoms with Crippen LogP contribution in [0.1, 0.15) is 0 Å². The van der Waals surface area contributed by atoms with Crippen LogP contribution in [0.2, 0.25) is 0 Å². The Morgan fingerprint density at radius 3 is 1.00 bits per heavy atom. The number of hydrogen-bond acceptors (Lipinski definition) is 0. The van der Waals surface area contributed by atoms with E-state index in [-0.39, 0.29) is 37.1 Å². The zero-order valence-electron chi connectivity index (χ0n) is 9.52. The van der Waals surface area contributed by atoms with Crippen LogP contribution in [0.3, 0.4) is 0 Å². The van der Waals surface area contributed by atoms with Gasteiger partial charge in [-0.2, -0.15) is 18.2 Å². The maximum Gasteiger partial charge on any atom is -0.172 e. The van der Waals surface area contributed by atoms with E-state index in [0.717, 1.165) is 0 Å². The molecule has 1 aromatic carbocycles. The molecule has 0 aliphatic rings. The molecule has 0 atom stereocenters. The summed E-state index contributed by atoms with van der Waals surface area (Å²) in [6, 6.07) is 10.0. The van der Waals surface area contributed by atoms with Gasteiger partial charge in [0.1, 0.15) is 0 Å². The maximum atomic E-state index is 4.97. The van der Waals surface area contributed by atoms with Crippen molar-refractivity contribution in [1.29, 1.82) is 0 Å². The first-order valence-corrected chi connectivity index (χ1v) is 8.68. The molecule has 0 radical (unpaired) electrons. The largest absolute Gasteiger partial charge is 0.214 e. The van der Waals surface area contributed by atoms with Crippen molar-refractivity contribution in [3.8, 4) is 0 Å². The zero-order valence-corrected chi connectivity index (χ0v) is 13.3. The Morgan fingerprint density at radius 1 is 0.714 bits per heavy atom. The predicted molar refractivity (Wildman–Crippen MR) is 71.7 cm³/mol. The topological polar surface area (TPSA) is 0 Å². The monoisotopic (exact) mass is 293 g/mol. The molecule has 0 fully saturated rings. The Labute approximate surface area is 109 Å². The van der Waals surface area contributed by atoms with Crippen LogP contribution >= 0.6 is 27.9 Å². The van der Waals surface area contributed by atoms with Gasteiger partial charge in [-0.3, -0.25) is 0 Å². The third-order valence-corrected chi connectivity index (χ3v) is 0.556. The number of rotatable bonds is 0. The van der Waals surface area contributed by atoms with Crippen LogP contribution in [-0.4, -0.2) is 0 Å². The summed E-state index contributed by atoms with van der Waals surface area (Å²) < 4.78 is 0. The molecule has 0 spiro atoms. The normalized spacial score (nSPS) is 4.79. The molecule has 0 nitrogen and oxygen atoms in total. The van der Waals surface area contributed by atoms with E-state index in [2.05, 4.69) is 0 Å². The van der Waals surface area contributed by atoms with Gasteiger partial charge in [-0.1, -0.05) is 0 Å². The van der Waals surface area contributed by atoms with Gasteiger partial charge < -0.3 is 37.1 Å². The molecule has 1 aromatic rings. The van der Waals surface area contributed by atoms with Crippen molar-refractivity contribution in [3.05, 3.63) is 67.5 Å². The van der Waals surface area contributed by atoms with Crippen LogP contribution in [0, 0.1) is 37.1 Å². The van der Waals surface area contributed by atoms with Gasteiger partial charge in [-0.05, 0) is 0 Å². The zero-order chi connectivity index (χ0) is 7.11. The molecule has 0 aromatic heterocycles. The molecule has 14 heavy (non-hydrogen) atoms. The van der Waals surface area contributed by atoms with Gasteiger partial charge in [0, 0.05) is 0 Å². The van der Waals surface area contributed by atoms with E-state index in [9.17, 15) is 0 Å². The van der Waals surface area contributed by atoms with Gasteiger partial charge in [0.2, 0.25) is 0 Å². The van der Waals surface area contributed by atoms with Crippen LogP contribution in [0.25, 0.3) is 0 Å². The molecule has 0 aliphatic heterocycles. The summed E-state index contributed by atoms with van der Waals surface area (Å²) in [6.07, 6.45) is 0. The van der Waals surface area contributed by atoms with Gasteiger partial charge in [0.15, 0.2) is 0 Å². The van der Waals surface area contributed by atoms with Gasteiger partial charge in [-0.25, -0.2) is 12.1 Å². The summed E-state index contributed by atoms with van der Waals surface area (Å²) in [5, 5.41) is 0. The minimum absolute atomic E-state index is 0. The SMILES string of the molecule is [CH3-].[CH3-].[CH3-].[CH3-].[CH3-].[Cl][Ti]([Cl])[Cl].c1cc[cH-]c1. The second-order valence-corrected chi connectivity index (χ2v) is 8.91. The second kappa shape index (κ2) is 29.2. The standard InChI is InChI=1S/C5H5.5CH3.3ClH.Ti/c1-2-4-5-3-1;;;;;;;;;/h1-5H;5*1H3;3*1H;/q6*-1;;;;+3/p-3. The van der Waals surface area contributed by atoms with Crippen molar-refractivity contribution in [2.45, 2.75) is 0 Å². The first kappa shape index (κ1) is 36.3. The Balaban J connectivity index is -0.0000000171. The predicted octanol–water partition coefficient (Wildman–Crippen LogP) is 5.72. The van der Waals surface area contributed by atoms with Crippen LogP contribution in [0.5, 0.6) is 0 Å². The molecule has 0 saturated carbocycles. The van der Waals surface area contributed by atoms with E-state index < -0.39 is 14.7 Å². The van der Waals surface area contributed by atoms with Crippen molar-refractivity contribution in [2.75, 3.05) is 0 Å². The molecular formula is C10H20Cl3Ti-6. The summed E-state index contributed by atoms with van der Waals surface area (Å²) in [5.41, 5.74) is 0. The smallest absolute Gasteiger partial charge is 0.172 e. The second-order valence-electron chi connectivity index (χ2n) is 1.18. The van der Waals surface area contributed by atoms with Crippen LogP contribution < -0.4 is 0 Å².